The van der Waals surface area contributed by atoms with Crippen molar-refractivity contribution in [3.8, 4) is 0 Å². The van der Waals surface area contributed by atoms with Gasteiger partial charge in [0.2, 0.25) is 0 Å². The van der Waals surface area contributed by atoms with Gasteiger partial charge in [0.05, 0.1) is 11.3 Å². The van der Waals surface area contributed by atoms with Crippen LogP contribution in [0.4, 0.5) is 0 Å². The number of esters is 2. The monoisotopic (exact) mass is 230 g/mol. The maximum Gasteiger partial charge on any atom is 0.311 e. The highest BCUT2D eigenvalue weighted by molar-refractivity contribution is 5.75. The minimum Gasteiger partial charge on any atom is -0.462 e. The van der Waals surface area contributed by atoms with Gasteiger partial charge in [-0.15, -0.1) is 0 Å². The van der Waals surface area contributed by atoms with Crippen molar-refractivity contribution < 1.29 is 19.1 Å². The fraction of sp³-hybridized carbons (Fsp3) is 0.833. The molecule has 0 aromatic rings. The Morgan fingerprint density at radius 1 is 1.12 bits per heavy atom. The van der Waals surface area contributed by atoms with Crippen LogP contribution >= 0.6 is 0 Å². The van der Waals surface area contributed by atoms with E-state index in [0.717, 1.165) is 6.42 Å². The lowest BCUT2D eigenvalue weighted by atomic mass is 9.91. The predicted molar refractivity (Wildman–Crippen MR) is 60.8 cm³/mol. The highest BCUT2D eigenvalue weighted by Gasteiger charge is 2.26. The van der Waals surface area contributed by atoms with Gasteiger partial charge in [0.25, 0.3) is 0 Å². The third-order valence-electron chi connectivity index (χ3n) is 2.47. The van der Waals surface area contributed by atoms with E-state index < -0.39 is 5.41 Å². The number of carbonyl (C=O) groups excluding carboxylic acids is 2. The number of hydrogen-bond donors (Lipinski definition) is 0. The summed E-state index contributed by atoms with van der Waals surface area (Å²) in [4.78, 5) is 22.6. The molecule has 0 amide bonds. The van der Waals surface area contributed by atoms with Gasteiger partial charge in [-0.1, -0.05) is 20.8 Å². The zero-order chi connectivity index (χ0) is 12.8. The van der Waals surface area contributed by atoms with Gasteiger partial charge in [0, 0.05) is 0 Å². The van der Waals surface area contributed by atoms with Crippen LogP contribution in [-0.2, 0) is 19.1 Å². The van der Waals surface area contributed by atoms with Gasteiger partial charge in [-0.2, -0.15) is 0 Å². The fourth-order valence-electron chi connectivity index (χ4n) is 0.783. The minimum absolute atomic E-state index is 0.126. The van der Waals surface area contributed by atoms with Gasteiger partial charge in [-0.3, -0.25) is 9.59 Å². The van der Waals surface area contributed by atoms with Crippen molar-refractivity contribution in [3.63, 3.8) is 0 Å². The molecule has 0 saturated carbocycles. The minimum atomic E-state index is -0.470. The molecule has 0 rings (SSSR count). The summed E-state index contributed by atoms with van der Waals surface area (Å²) >= 11 is 0. The summed E-state index contributed by atoms with van der Waals surface area (Å²) in [5.41, 5.74) is -0.470. The third-order valence-corrected chi connectivity index (χ3v) is 2.47. The molecule has 0 aromatic heterocycles. The molecule has 0 fully saturated rings. The Hall–Kier alpha value is -1.06. The van der Waals surface area contributed by atoms with Crippen LogP contribution in [0.2, 0.25) is 0 Å². The van der Waals surface area contributed by atoms with Crippen molar-refractivity contribution in [1.29, 1.82) is 0 Å². The van der Waals surface area contributed by atoms with Gasteiger partial charge < -0.3 is 9.47 Å². The van der Waals surface area contributed by atoms with Crippen LogP contribution in [0.3, 0.4) is 0 Å². The highest BCUT2D eigenvalue weighted by atomic mass is 16.6. The average Bonchev–Trinajstić information content (AvgIpc) is 2.23. The highest BCUT2D eigenvalue weighted by Crippen LogP contribution is 2.21. The van der Waals surface area contributed by atoms with Gasteiger partial charge >= 0.3 is 11.9 Å². The third kappa shape index (κ3) is 5.14. The van der Waals surface area contributed by atoms with E-state index in [0.29, 0.717) is 0 Å². The molecule has 0 aliphatic heterocycles. The normalized spacial score (nSPS) is 11.4. The summed E-state index contributed by atoms with van der Waals surface area (Å²) in [6, 6.07) is 0. The van der Waals surface area contributed by atoms with Crippen LogP contribution in [-0.4, -0.2) is 25.2 Å². The second-order valence-corrected chi connectivity index (χ2v) is 4.70. The Kier molecular flexibility index (Phi) is 6.08. The zero-order valence-electron chi connectivity index (χ0n) is 10.8. The summed E-state index contributed by atoms with van der Waals surface area (Å²) < 4.78 is 9.90. The van der Waals surface area contributed by atoms with Gasteiger partial charge in [-0.25, -0.2) is 0 Å². The Labute approximate surface area is 97.3 Å². The molecule has 16 heavy (non-hydrogen) atoms. The number of carbonyl (C=O) groups is 2. The summed E-state index contributed by atoms with van der Waals surface area (Å²) in [7, 11) is 0. The van der Waals surface area contributed by atoms with Crippen LogP contribution < -0.4 is 0 Å². The molecule has 0 aliphatic rings. The van der Waals surface area contributed by atoms with Crippen molar-refractivity contribution in [2.75, 3.05) is 13.2 Å². The van der Waals surface area contributed by atoms with Crippen LogP contribution in [0.25, 0.3) is 0 Å². The molecule has 0 bridgehead atoms. The molecule has 94 valence electrons. The van der Waals surface area contributed by atoms with E-state index >= 15 is 0 Å². The molecule has 0 saturated heterocycles. The molecule has 0 spiro atoms. The Bertz CT molecular complexity index is 243. The molecule has 0 radical (unpaired) electrons. The van der Waals surface area contributed by atoms with Crippen LogP contribution in [0.5, 0.6) is 0 Å². The smallest absolute Gasteiger partial charge is 0.311 e. The molecule has 4 nitrogen and oxygen atoms in total. The lowest BCUT2D eigenvalue weighted by molar-refractivity contribution is -0.160. The standard InChI is InChI=1S/C12H22O4/c1-6-12(4,5)11(14)16-8-7-15-10(13)9(2)3/h9H,6-8H2,1-5H3. The molecule has 0 unspecified atom stereocenters. The quantitative estimate of drug-likeness (QED) is 0.518. The summed E-state index contributed by atoms with van der Waals surface area (Å²) in [6.45, 7) is 9.36. The van der Waals surface area contributed by atoms with E-state index in [2.05, 4.69) is 0 Å². The van der Waals surface area contributed by atoms with Crippen LogP contribution in [0.1, 0.15) is 41.0 Å². The first kappa shape index (κ1) is 14.9. The van der Waals surface area contributed by atoms with Gasteiger partial charge in [0.1, 0.15) is 13.2 Å². The van der Waals surface area contributed by atoms with E-state index in [4.69, 9.17) is 9.47 Å². The lowest BCUT2D eigenvalue weighted by Crippen LogP contribution is -2.27. The molecule has 0 aromatic carbocycles. The van der Waals surface area contributed by atoms with Gasteiger partial charge in [0.15, 0.2) is 0 Å². The zero-order valence-corrected chi connectivity index (χ0v) is 10.8. The molecule has 4 heteroatoms. The second-order valence-electron chi connectivity index (χ2n) is 4.70. The number of hydrogen-bond acceptors (Lipinski definition) is 4. The molecule has 0 heterocycles. The maximum atomic E-state index is 11.5. The van der Waals surface area contributed by atoms with E-state index in [-0.39, 0.29) is 31.1 Å². The molecule has 0 atom stereocenters. The first-order valence-electron chi connectivity index (χ1n) is 5.65. The maximum absolute atomic E-state index is 11.5. The van der Waals surface area contributed by atoms with Crippen molar-refractivity contribution in [2.24, 2.45) is 11.3 Å². The van der Waals surface area contributed by atoms with Crippen molar-refractivity contribution in [2.45, 2.75) is 41.0 Å². The van der Waals surface area contributed by atoms with Crippen LogP contribution in [0.15, 0.2) is 0 Å². The molecular formula is C12H22O4. The topological polar surface area (TPSA) is 52.6 Å². The molecule has 0 N–H and O–H groups in total. The van der Waals surface area contributed by atoms with Crippen molar-refractivity contribution in [1.82, 2.24) is 0 Å². The van der Waals surface area contributed by atoms with E-state index in [1.807, 2.05) is 20.8 Å². The number of ether oxygens (including phenoxy) is 2. The first-order chi connectivity index (χ1) is 7.31. The van der Waals surface area contributed by atoms with E-state index in [9.17, 15) is 9.59 Å². The fourth-order valence-corrected chi connectivity index (χ4v) is 0.783. The summed E-state index contributed by atoms with van der Waals surface area (Å²) in [5, 5.41) is 0. The first-order valence-corrected chi connectivity index (χ1v) is 5.65. The average molecular weight is 230 g/mol. The van der Waals surface area contributed by atoms with E-state index in [1.54, 1.807) is 13.8 Å². The van der Waals surface area contributed by atoms with Crippen molar-refractivity contribution >= 4 is 11.9 Å². The Balaban J connectivity index is 3.76. The Morgan fingerprint density at radius 2 is 1.62 bits per heavy atom. The van der Waals surface area contributed by atoms with Crippen LogP contribution in [0, 0.1) is 11.3 Å². The molecule has 0 aliphatic carbocycles. The van der Waals surface area contributed by atoms with Gasteiger partial charge in [-0.05, 0) is 20.3 Å². The molecular weight excluding hydrogens is 208 g/mol. The van der Waals surface area contributed by atoms with Crippen molar-refractivity contribution in [3.05, 3.63) is 0 Å². The lowest BCUT2D eigenvalue weighted by Gasteiger charge is -2.20. The largest absolute Gasteiger partial charge is 0.462 e. The second kappa shape index (κ2) is 6.51. The summed E-state index contributed by atoms with van der Waals surface area (Å²) in [6.07, 6.45) is 0.720. The predicted octanol–water partition coefficient (Wildman–Crippen LogP) is 2.17. The SMILES string of the molecule is CCC(C)(C)C(=O)OCCOC(=O)C(C)C. The van der Waals surface area contributed by atoms with E-state index in [1.165, 1.54) is 0 Å². The number of rotatable bonds is 6. The Morgan fingerprint density at radius 3 is 2.06 bits per heavy atom. The summed E-state index contributed by atoms with van der Waals surface area (Å²) in [5.74, 6) is -0.677.